The van der Waals surface area contributed by atoms with Gasteiger partial charge in [-0.3, -0.25) is 9.69 Å². The molecule has 3 heteroatoms. The van der Waals surface area contributed by atoms with Gasteiger partial charge in [-0.2, -0.15) is 0 Å². The Bertz CT molecular complexity index is 153. The highest BCUT2D eigenvalue weighted by Crippen LogP contribution is 2.06. The van der Waals surface area contributed by atoms with Crippen LogP contribution in [0.25, 0.3) is 0 Å². The minimum atomic E-state index is 0.138. The third-order valence-electron chi connectivity index (χ3n) is 2.41. The first-order valence-electron chi connectivity index (χ1n) is 4.68. The van der Waals surface area contributed by atoms with E-state index < -0.39 is 0 Å². The van der Waals surface area contributed by atoms with E-state index in [0.717, 1.165) is 25.9 Å². The highest BCUT2D eigenvalue weighted by atomic mass is 16.1. The molecule has 0 aromatic heterocycles. The van der Waals surface area contributed by atoms with Crippen molar-refractivity contribution in [3.63, 3.8) is 0 Å². The number of nitrogens with one attached hydrogen (secondary N) is 1. The van der Waals surface area contributed by atoms with Crippen molar-refractivity contribution in [1.82, 2.24) is 10.2 Å². The average molecular weight is 170 g/mol. The molecular weight excluding hydrogens is 152 g/mol. The molecule has 0 aliphatic carbocycles. The van der Waals surface area contributed by atoms with E-state index >= 15 is 0 Å². The fraction of sp³-hybridized carbons (Fsp3) is 0.889. The summed E-state index contributed by atoms with van der Waals surface area (Å²) >= 11 is 0. The molecule has 0 radical (unpaired) electrons. The minimum Gasteiger partial charge on any atom is -0.307 e. The van der Waals surface area contributed by atoms with Gasteiger partial charge >= 0.3 is 0 Å². The van der Waals surface area contributed by atoms with E-state index in [1.165, 1.54) is 0 Å². The Morgan fingerprint density at radius 3 is 2.92 bits per heavy atom. The summed E-state index contributed by atoms with van der Waals surface area (Å²) in [5.74, 6) is 0.344. The summed E-state index contributed by atoms with van der Waals surface area (Å²) in [6, 6.07) is 0.138. The fourth-order valence-electron chi connectivity index (χ4n) is 1.45. The molecule has 70 valence electrons. The molecule has 1 saturated heterocycles. The maximum Gasteiger partial charge on any atom is 0.163 e. The quantitative estimate of drug-likeness (QED) is 0.657. The molecule has 0 aromatic carbocycles. The summed E-state index contributed by atoms with van der Waals surface area (Å²) in [5.41, 5.74) is 0. The molecule has 12 heavy (non-hydrogen) atoms. The van der Waals surface area contributed by atoms with Crippen LogP contribution in [0.4, 0.5) is 0 Å². The number of likely N-dealkylation sites (N-methyl/N-ethyl adjacent to an activating group) is 1. The molecule has 0 amide bonds. The Labute approximate surface area is 74.1 Å². The molecule has 1 rings (SSSR count). The second-order valence-electron chi connectivity index (χ2n) is 3.45. The van der Waals surface area contributed by atoms with Gasteiger partial charge in [-0.15, -0.1) is 0 Å². The van der Waals surface area contributed by atoms with E-state index in [9.17, 15) is 4.79 Å². The van der Waals surface area contributed by atoms with Crippen molar-refractivity contribution in [2.24, 2.45) is 0 Å². The van der Waals surface area contributed by atoms with Crippen LogP contribution in [-0.2, 0) is 4.79 Å². The SMILES string of the molecule is CCN(C)CC(=O)C1CCCN1. The lowest BCUT2D eigenvalue weighted by Gasteiger charge is -2.15. The van der Waals surface area contributed by atoms with Crippen LogP contribution < -0.4 is 5.32 Å². The zero-order chi connectivity index (χ0) is 8.97. The number of hydrogen-bond donors (Lipinski definition) is 1. The van der Waals surface area contributed by atoms with E-state index in [4.69, 9.17) is 0 Å². The molecule has 1 unspecified atom stereocenters. The van der Waals surface area contributed by atoms with Crippen molar-refractivity contribution in [1.29, 1.82) is 0 Å². The zero-order valence-electron chi connectivity index (χ0n) is 7.97. The molecule has 0 spiro atoms. The second kappa shape index (κ2) is 4.58. The van der Waals surface area contributed by atoms with Crippen molar-refractivity contribution in [3.05, 3.63) is 0 Å². The Balaban J connectivity index is 2.27. The summed E-state index contributed by atoms with van der Waals surface area (Å²) in [6.45, 7) is 4.61. The Hall–Kier alpha value is -0.410. The lowest BCUT2D eigenvalue weighted by molar-refractivity contribution is -0.121. The molecule has 1 aliphatic heterocycles. The second-order valence-corrected chi connectivity index (χ2v) is 3.45. The first-order valence-corrected chi connectivity index (χ1v) is 4.68. The van der Waals surface area contributed by atoms with Gasteiger partial charge in [0.25, 0.3) is 0 Å². The maximum absolute atomic E-state index is 11.5. The summed E-state index contributed by atoms with van der Waals surface area (Å²) in [4.78, 5) is 13.6. The summed E-state index contributed by atoms with van der Waals surface area (Å²) in [5, 5.41) is 3.21. The topological polar surface area (TPSA) is 32.3 Å². The maximum atomic E-state index is 11.5. The van der Waals surface area contributed by atoms with Gasteiger partial charge in [0.1, 0.15) is 0 Å². The van der Waals surface area contributed by atoms with Gasteiger partial charge in [0.2, 0.25) is 0 Å². The first-order chi connectivity index (χ1) is 5.74. The Kier molecular flexibility index (Phi) is 3.69. The van der Waals surface area contributed by atoms with Crippen LogP contribution in [0.5, 0.6) is 0 Å². The van der Waals surface area contributed by atoms with Crippen LogP contribution in [-0.4, -0.2) is 43.4 Å². The lowest BCUT2D eigenvalue weighted by Crippen LogP contribution is -2.38. The number of hydrogen-bond acceptors (Lipinski definition) is 3. The molecule has 0 bridgehead atoms. The average Bonchev–Trinajstić information content (AvgIpc) is 2.56. The van der Waals surface area contributed by atoms with Crippen LogP contribution >= 0.6 is 0 Å². The van der Waals surface area contributed by atoms with Gasteiger partial charge in [0.05, 0.1) is 12.6 Å². The van der Waals surface area contributed by atoms with Crippen molar-refractivity contribution in [2.75, 3.05) is 26.7 Å². The molecule has 0 saturated carbocycles. The van der Waals surface area contributed by atoms with Gasteiger partial charge in [0, 0.05) is 0 Å². The van der Waals surface area contributed by atoms with Crippen molar-refractivity contribution in [3.8, 4) is 0 Å². The largest absolute Gasteiger partial charge is 0.307 e. The molecular formula is C9H18N2O. The predicted molar refractivity (Wildman–Crippen MR) is 49.2 cm³/mol. The summed E-state index contributed by atoms with van der Waals surface area (Å²) < 4.78 is 0. The van der Waals surface area contributed by atoms with Crippen LogP contribution in [0, 0.1) is 0 Å². The van der Waals surface area contributed by atoms with Crippen LogP contribution in [0.1, 0.15) is 19.8 Å². The smallest absolute Gasteiger partial charge is 0.163 e. The van der Waals surface area contributed by atoms with Crippen molar-refractivity contribution >= 4 is 5.78 Å². The van der Waals surface area contributed by atoms with Crippen LogP contribution in [0.3, 0.4) is 0 Å². The number of rotatable bonds is 4. The van der Waals surface area contributed by atoms with Crippen molar-refractivity contribution in [2.45, 2.75) is 25.8 Å². The van der Waals surface area contributed by atoms with E-state index in [2.05, 4.69) is 12.2 Å². The highest BCUT2D eigenvalue weighted by molar-refractivity contribution is 5.86. The zero-order valence-corrected chi connectivity index (χ0v) is 7.97. The molecule has 1 fully saturated rings. The van der Waals surface area contributed by atoms with Gasteiger partial charge in [-0.05, 0) is 33.0 Å². The first kappa shape index (κ1) is 9.68. The van der Waals surface area contributed by atoms with E-state index in [-0.39, 0.29) is 6.04 Å². The van der Waals surface area contributed by atoms with E-state index in [1.807, 2.05) is 11.9 Å². The van der Waals surface area contributed by atoms with Gasteiger partial charge in [0.15, 0.2) is 5.78 Å². The highest BCUT2D eigenvalue weighted by Gasteiger charge is 2.21. The fourth-order valence-corrected chi connectivity index (χ4v) is 1.45. The predicted octanol–water partition coefficient (Wildman–Crippen LogP) is 0.259. The molecule has 0 aromatic rings. The number of Topliss-reactive ketones (excluding diaryl/α,β-unsaturated/α-hetero) is 1. The third kappa shape index (κ3) is 2.57. The van der Waals surface area contributed by atoms with Crippen LogP contribution in [0.2, 0.25) is 0 Å². The standard InChI is InChI=1S/C9H18N2O/c1-3-11(2)7-9(12)8-5-4-6-10-8/h8,10H,3-7H2,1-2H3. The van der Waals surface area contributed by atoms with Gasteiger partial charge in [-0.25, -0.2) is 0 Å². The Morgan fingerprint density at radius 2 is 2.42 bits per heavy atom. The molecule has 3 nitrogen and oxygen atoms in total. The minimum absolute atomic E-state index is 0.138. The number of carbonyl (C=O) groups excluding carboxylic acids is 1. The van der Waals surface area contributed by atoms with Gasteiger partial charge in [-0.1, -0.05) is 6.92 Å². The third-order valence-corrected chi connectivity index (χ3v) is 2.41. The summed E-state index contributed by atoms with van der Waals surface area (Å²) in [6.07, 6.45) is 2.17. The number of carbonyl (C=O) groups is 1. The molecule has 1 atom stereocenters. The molecule has 1 heterocycles. The van der Waals surface area contributed by atoms with Crippen LogP contribution in [0.15, 0.2) is 0 Å². The number of ketones is 1. The number of nitrogens with zero attached hydrogens (tertiary/aromatic N) is 1. The molecule has 1 N–H and O–H groups in total. The normalized spacial score (nSPS) is 23.4. The lowest BCUT2D eigenvalue weighted by atomic mass is 10.1. The van der Waals surface area contributed by atoms with Crippen molar-refractivity contribution < 1.29 is 4.79 Å². The van der Waals surface area contributed by atoms with E-state index in [0.29, 0.717) is 12.3 Å². The van der Waals surface area contributed by atoms with Gasteiger partial charge < -0.3 is 5.32 Å². The Morgan fingerprint density at radius 1 is 1.67 bits per heavy atom. The van der Waals surface area contributed by atoms with E-state index in [1.54, 1.807) is 0 Å². The monoisotopic (exact) mass is 170 g/mol. The molecule has 1 aliphatic rings. The summed E-state index contributed by atoms with van der Waals surface area (Å²) in [7, 11) is 1.98.